The number of aliphatic carboxylic acids is 1. The maximum absolute atomic E-state index is 12.7. The molecular weight excluding hydrogens is 322 g/mol. The topological polar surface area (TPSA) is 105 Å². The molecule has 1 aliphatic heterocycles. The average Bonchev–Trinajstić information content (AvgIpc) is 2.54. The van der Waals surface area contributed by atoms with Gasteiger partial charge in [0.2, 0.25) is 10.0 Å². The van der Waals surface area contributed by atoms with Crippen molar-refractivity contribution in [2.24, 2.45) is 5.92 Å². The van der Waals surface area contributed by atoms with E-state index in [0.29, 0.717) is 30.4 Å². The Hall–Kier alpha value is -2.19. The maximum atomic E-state index is 12.7. The van der Waals surface area contributed by atoms with Gasteiger partial charge in [0, 0.05) is 24.5 Å². The molecule has 0 amide bonds. The van der Waals surface area contributed by atoms with E-state index in [-0.39, 0.29) is 11.4 Å². The van der Waals surface area contributed by atoms with Gasteiger partial charge in [-0.25, -0.2) is 13.2 Å². The van der Waals surface area contributed by atoms with Crippen molar-refractivity contribution in [2.45, 2.75) is 17.7 Å². The molecule has 2 aromatic rings. The Morgan fingerprint density at radius 1 is 1.26 bits per heavy atom. The highest BCUT2D eigenvalue weighted by Gasteiger charge is 2.33. The van der Waals surface area contributed by atoms with E-state index in [4.69, 9.17) is 9.52 Å². The molecule has 8 heteroatoms. The average molecular weight is 337 g/mol. The van der Waals surface area contributed by atoms with Gasteiger partial charge in [-0.1, -0.05) is 0 Å². The van der Waals surface area contributed by atoms with Crippen LogP contribution in [0, 0.1) is 5.92 Å². The predicted molar refractivity (Wildman–Crippen MR) is 81.6 cm³/mol. The van der Waals surface area contributed by atoms with Crippen LogP contribution in [0.5, 0.6) is 0 Å². The Morgan fingerprint density at radius 3 is 2.78 bits per heavy atom. The maximum Gasteiger partial charge on any atom is 0.336 e. The Bertz CT molecular complexity index is 917. The lowest BCUT2D eigenvalue weighted by Gasteiger charge is -2.29. The van der Waals surface area contributed by atoms with Crippen molar-refractivity contribution in [3.8, 4) is 0 Å². The van der Waals surface area contributed by atoms with E-state index in [9.17, 15) is 18.0 Å². The highest BCUT2D eigenvalue weighted by atomic mass is 32.2. The molecule has 1 fully saturated rings. The highest BCUT2D eigenvalue weighted by molar-refractivity contribution is 7.89. The van der Waals surface area contributed by atoms with Gasteiger partial charge in [0.1, 0.15) is 5.58 Å². The lowest BCUT2D eigenvalue weighted by atomic mass is 10.0. The lowest BCUT2D eigenvalue weighted by Crippen LogP contribution is -2.42. The van der Waals surface area contributed by atoms with Gasteiger partial charge in [-0.15, -0.1) is 0 Å². The summed E-state index contributed by atoms with van der Waals surface area (Å²) in [5.41, 5.74) is -0.202. The van der Waals surface area contributed by atoms with Gasteiger partial charge in [0.15, 0.2) is 0 Å². The molecule has 0 saturated carbocycles. The number of piperidine rings is 1. The molecular formula is C15H15NO6S. The minimum Gasteiger partial charge on any atom is -0.481 e. The van der Waals surface area contributed by atoms with Crippen LogP contribution in [0.3, 0.4) is 0 Å². The summed E-state index contributed by atoms with van der Waals surface area (Å²) in [5, 5.41) is 9.59. The first-order chi connectivity index (χ1) is 10.9. The van der Waals surface area contributed by atoms with Gasteiger partial charge in [-0.2, -0.15) is 4.31 Å². The van der Waals surface area contributed by atoms with Crippen molar-refractivity contribution in [3.05, 3.63) is 40.8 Å². The normalized spacial score (nSPS) is 19.7. The number of fused-ring (bicyclic) bond motifs is 1. The van der Waals surface area contributed by atoms with E-state index in [0.717, 1.165) is 0 Å². The van der Waals surface area contributed by atoms with E-state index in [1.807, 2.05) is 0 Å². The summed E-state index contributed by atoms with van der Waals surface area (Å²) in [6.07, 6.45) is 0.989. The van der Waals surface area contributed by atoms with Gasteiger partial charge in [-0.3, -0.25) is 4.79 Å². The van der Waals surface area contributed by atoms with Crippen LogP contribution in [0.1, 0.15) is 12.8 Å². The molecule has 23 heavy (non-hydrogen) atoms. The second-order valence-corrected chi connectivity index (χ2v) is 7.43. The summed E-state index contributed by atoms with van der Waals surface area (Å²) in [7, 11) is -3.78. The minimum atomic E-state index is -3.78. The number of hydrogen-bond donors (Lipinski definition) is 1. The molecule has 0 aliphatic carbocycles. The largest absolute Gasteiger partial charge is 0.481 e. The number of rotatable bonds is 3. The number of nitrogens with zero attached hydrogens (tertiary/aromatic N) is 1. The van der Waals surface area contributed by atoms with Crippen molar-refractivity contribution >= 4 is 27.0 Å². The molecule has 0 bridgehead atoms. The molecule has 1 aliphatic rings. The Kier molecular flexibility index (Phi) is 3.95. The molecule has 1 unspecified atom stereocenters. The molecule has 1 aromatic heterocycles. The van der Waals surface area contributed by atoms with Gasteiger partial charge in [0.05, 0.1) is 10.8 Å². The molecule has 122 valence electrons. The smallest absolute Gasteiger partial charge is 0.336 e. The summed E-state index contributed by atoms with van der Waals surface area (Å²) in [6, 6.07) is 6.95. The fraction of sp³-hybridized carbons (Fsp3) is 0.333. The fourth-order valence-corrected chi connectivity index (χ4v) is 4.28. The van der Waals surface area contributed by atoms with E-state index in [2.05, 4.69) is 0 Å². The standard InChI is InChI=1S/C15H15NO6S/c17-14-6-3-10-8-12(4-5-13(10)22-14)23(20,21)16-7-1-2-11(9-16)15(18)19/h3-6,8,11H,1-2,7,9H2,(H,18,19). The van der Waals surface area contributed by atoms with Crippen molar-refractivity contribution in [1.29, 1.82) is 0 Å². The number of carbonyl (C=O) groups is 1. The number of sulfonamides is 1. The van der Waals surface area contributed by atoms with Crippen LogP contribution in [-0.2, 0) is 14.8 Å². The van der Waals surface area contributed by atoms with Gasteiger partial charge >= 0.3 is 11.6 Å². The fourth-order valence-electron chi connectivity index (χ4n) is 2.72. The number of benzene rings is 1. The van der Waals surface area contributed by atoms with Crippen molar-refractivity contribution in [1.82, 2.24) is 4.31 Å². The van der Waals surface area contributed by atoms with Gasteiger partial charge in [-0.05, 0) is 37.1 Å². The Balaban J connectivity index is 1.97. The molecule has 1 N–H and O–H groups in total. The van der Waals surface area contributed by atoms with E-state index in [1.165, 1.54) is 34.6 Å². The zero-order valence-electron chi connectivity index (χ0n) is 12.1. The van der Waals surface area contributed by atoms with Crippen molar-refractivity contribution < 1.29 is 22.7 Å². The van der Waals surface area contributed by atoms with Crippen LogP contribution in [0.2, 0.25) is 0 Å². The van der Waals surface area contributed by atoms with Crippen LogP contribution < -0.4 is 5.63 Å². The van der Waals surface area contributed by atoms with Crippen LogP contribution in [-0.4, -0.2) is 36.9 Å². The SMILES string of the molecule is O=C(O)C1CCCN(S(=O)(=O)c2ccc3oc(=O)ccc3c2)C1. The molecule has 1 saturated heterocycles. The van der Waals surface area contributed by atoms with Crippen LogP contribution >= 0.6 is 0 Å². The van der Waals surface area contributed by atoms with Crippen LogP contribution in [0.15, 0.2) is 44.4 Å². The number of carboxylic acids is 1. The molecule has 2 heterocycles. The zero-order valence-corrected chi connectivity index (χ0v) is 13.0. The zero-order chi connectivity index (χ0) is 16.6. The highest BCUT2D eigenvalue weighted by Crippen LogP contribution is 2.25. The molecule has 1 aromatic carbocycles. The summed E-state index contributed by atoms with van der Waals surface area (Å²) >= 11 is 0. The van der Waals surface area contributed by atoms with E-state index < -0.39 is 27.5 Å². The van der Waals surface area contributed by atoms with Gasteiger partial charge < -0.3 is 9.52 Å². The quantitative estimate of drug-likeness (QED) is 0.846. The molecule has 0 spiro atoms. The molecule has 1 atom stereocenters. The van der Waals surface area contributed by atoms with Crippen LogP contribution in [0.4, 0.5) is 0 Å². The minimum absolute atomic E-state index is 0.0282. The first-order valence-electron chi connectivity index (χ1n) is 7.15. The summed E-state index contributed by atoms with van der Waals surface area (Å²) in [6.45, 7) is 0.271. The Morgan fingerprint density at radius 2 is 2.04 bits per heavy atom. The molecule has 7 nitrogen and oxygen atoms in total. The third-order valence-corrected chi connectivity index (χ3v) is 5.82. The van der Waals surface area contributed by atoms with Crippen molar-refractivity contribution in [2.75, 3.05) is 13.1 Å². The second kappa shape index (κ2) is 5.78. The lowest BCUT2D eigenvalue weighted by molar-refractivity contribution is -0.142. The van der Waals surface area contributed by atoms with Gasteiger partial charge in [0.25, 0.3) is 0 Å². The van der Waals surface area contributed by atoms with E-state index >= 15 is 0 Å². The molecule has 3 rings (SSSR count). The van der Waals surface area contributed by atoms with E-state index in [1.54, 1.807) is 0 Å². The summed E-state index contributed by atoms with van der Waals surface area (Å²) in [5.74, 6) is -1.66. The van der Waals surface area contributed by atoms with Crippen LogP contribution in [0.25, 0.3) is 11.0 Å². The third kappa shape index (κ3) is 2.99. The number of carboxylic acid groups (broad SMARTS) is 1. The summed E-state index contributed by atoms with van der Waals surface area (Å²) in [4.78, 5) is 22.3. The number of hydrogen-bond acceptors (Lipinski definition) is 5. The second-order valence-electron chi connectivity index (χ2n) is 5.49. The molecule has 0 radical (unpaired) electrons. The third-order valence-electron chi connectivity index (χ3n) is 3.96. The monoisotopic (exact) mass is 337 g/mol. The summed E-state index contributed by atoms with van der Waals surface area (Å²) < 4.78 is 31.6. The first kappa shape index (κ1) is 15.7. The van der Waals surface area contributed by atoms with Crippen molar-refractivity contribution in [3.63, 3.8) is 0 Å². The first-order valence-corrected chi connectivity index (χ1v) is 8.59. The Labute approximate surface area is 132 Å². The predicted octanol–water partition coefficient (Wildman–Crippen LogP) is 1.28.